The molecule has 1 amide bonds. The zero-order valence-electron chi connectivity index (χ0n) is 21.9. The van der Waals surface area contributed by atoms with Crippen LogP contribution < -0.4 is 16.3 Å². The molecular formula is C28H28ClF3N6O3. The number of nitrogens with one attached hydrogen (secondary N) is 2. The lowest BCUT2D eigenvalue weighted by Gasteiger charge is -2.29. The first-order valence-corrected chi connectivity index (χ1v) is 13.6. The van der Waals surface area contributed by atoms with Crippen molar-refractivity contribution in [1.29, 1.82) is 0 Å². The van der Waals surface area contributed by atoms with Gasteiger partial charge in [-0.15, -0.1) is 0 Å². The third-order valence-corrected chi connectivity index (χ3v) is 7.48. The van der Waals surface area contributed by atoms with E-state index in [-0.39, 0.29) is 34.8 Å². The van der Waals surface area contributed by atoms with Gasteiger partial charge in [-0.1, -0.05) is 11.6 Å². The van der Waals surface area contributed by atoms with E-state index in [9.17, 15) is 22.8 Å². The molecule has 1 aliphatic rings. The molecule has 0 saturated heterocycles. The van der Waals surface area contributed by atoms with Gasteiger partial charge in [-0.3, -0.25) is 18.9 Å². The van der Waals surface area contributed by atoms with Crippen molar-refractivity contribution in [1.82, 2.24) is 24.4 Å². The second-order valence-electron chi connectivity index (χ2n) is 9.99. The predicted molar refractivity (Wildman–Crippen MR) is 148 cm³/mol. The average molecular weight is 589 g/mol. The zero-order valence-corrected chi connectivity index (χ0v) is 22.6. The van der Waals surface area contributed by atoms with Crippen LogP contribution in [0.3, 0.4) is 0 Å². The van der Waals surface area contributed by atoms with Gasteiger partial charge in [0.1, 0.15) is 17.3 Å². The monoisotopic (exact) mass is 588 g/mol. The molecule has 41 heavy (non-hydrogen) atoms. The second kappa shape index (κ2) is 12.3. The minimum absolute atomic E-state index is 0.0464. The Morgan fingerprint density at radius 3 is 2.54 bits per heavy atom. The van der Waals surface area contributed by atoms with Crippen LogP contribution in [0.4, 0.5) is 19.0 Å². The van der Waals surface area contributed by atoms with E-state index in [0.29, 0.717) is 61.3 Å². The first-order chi connectivity index (χ1) is 19.7. The van der Waals surface area contributed by atoms with Crippen LogP contribution in [0.5, 0.6) is 0 Å². The van der Waals surface area contributed by atoms with E-state index in [1.54, 1.807) is 22.8 Å². The fourth-order valence-electron chi connectivity index (χ4n) is 5.28. The lowest BCUT2D eigenvalue weighted by Crippen LogP contribution is -2.39. The highest BCUT2D eigenvalue weighted by molar-refractivity contribution is 6.30. The molecule has 3 N–H and O–H groups in total. The summed E-state index contributed by atoms with van der Waals surface area (Å²) in [5.41, 5.74) is 0.329. The van der Waals surface area contributed by atoms with Gasteiger partial charge >= 0.3 is 5.69 Å². The van der Waals surface area contributed by atoms with E-state index in [1.807, 2.05) is 0 Å². The molecule has 216 valence electrons. The standard InChI is InChI=1S/C28H28ClF3N6O3/c29-17-11-21(25(26(31)32)35-13-17)27(40)36-19-4-1-16(2-5-19)15-37-23-12-18(30)3-7-22(23)38(28(37)41)20-6-8-24(34-14-20)33-9-10-39/h3,6-8,11-14,16,19,26,39H,1-2,4-5,9-10,15H2,(H,33,34)(H,36,40). The number of pyridine rings is 2. The van der Waals surface area contributed by atoms with Crippen LogP contribution in [0.1, 0.15) is 48.2 Å². The number of aliphatic hydroxyl groups excluding tert-OH is 1. The van der Waals surface area contributed by atoms with Crippen molar-refractivity contribution >= 4 is 34.4 Å². The molecule has 3 aromatic heterocycles. The van der Waals surface area contributed by atoms with Gasteiger partial charge in [-0.2, -0.15) is 0 Å². The Balaban J connectivity index is 1.31. The van der Waals surface area contributed by atoms with Gasteiger partial charge < -0.3 is 15.7 Å². The number of halogens is 4. The molecule has 3 heterocycles. The Hall–Kier alpha value is -3.90. The molecule has 0 radical (unpaired) electrons. The fraction of sp³-hybridized carbons (Fsp3) is 0.357. The molecule has 13 heteroatoms. The summed E-state index contributed by atoms with van der Waals surface area (Å²) in [4.78, 5) is 34.3. The SMILES string of the molecule is O=C(NC1CCC(Cn2c(=O)n(-c3ccc(NCCO)nc3)c3ccc(F)cc32)CC1)c1cc(Cl)cnc1C(F)F. The zero-order chi connectivity index (χ0) is 29.1. The van der Waals surface area contributed by atoms with Crippen molar-refractivity contribution in [2.45, 2.75) is 44.7 Å². The van der Waals surface area contributed by atoms with Crippen molar-refractivity contribution < 1.29 is 23.1 Å². The topological polar surface area (TPSA) is 114 Å². The Bertz CT molecular complexity index is 1600. The Morgan fingerprint density at radius 1 is 1.07 bits per heavy atom. The van der Waals surface area contributed by atoms with Crippen molar-refractivity contribution in [2.75, 3.05) is 18.5 Å². The van der Waals surface area contributed by atoms with Gasteiger partial charge in [0.15, 0.2) is 0 Å². The molecule has 0 unspecified atom stereocenters. The predicted octanol–water partition coefficient (Wildman–Crippen LogP) is 4.71. The van der Waals surface area contributed by atoms with E-state index in [4.69, 9.17) is 16.7 Å². The summed E-state index contributed by atoms with van der Waals surface area (Å²) in [6.07, 6.45) is 2.22. The average Bonchev–Trinajstić information content (AvgIpc) is 3.23. The minimum atomic E-state index is -2.91. The van der Waals surface area contributed by atoms with Gasteiger partial charge in [-0.05, 0) is 68.0 Å². The number of nitrogens with zero attached hydrogens (tertiary/aromatic N) is 4. The largest absolute Gasteiger partial charge is 0.395 e. The van der Waals surface area contributed by atoms with Crippen molar-refractivity contribution in [2.24, 2.45) is 5.92 Å². The van der Waals surface area contributed by atoms with Gasteiger partial charge in [0.05, 0.1) is 40.1 Å². The number of hydrogen-bond donors (Lipinski definition) is 3. The molecule has 1 saturated carbocycles. The number of fused-ring (bicyclic) bond motifs is 1. The van der Waals surface area contributed by atoms with Crippen molar-refractivity contribution in [3.63, 3.8) is 0 Å². The molecule has 0 aliphatic heterocycles. The van der Waals surface area contributed by atoms with Crippen molar-refractivity contribution in [3.05, 3.63) is 81.4 Å². The minimum Gasteiger partial charge on any atom is -0.395 e. The number of aromatic nitrogens is 4. The Morgan fingerprint density at radius 2 is 1.85 bits per heavy atom. The molecule has 5 rings (SSSR count). The molecule has 4 aromatic rings. The summed E-state index contributed by atoms with van der Waals surface area (Å²) in [5.74, 6) is -0.489. The first kappa shape index (κ1) is 28.6. The van der Waals surface area contributed by atoms with E-state index in [0.717, 1.165) is 6.20 Å². The highest BCUT2D eigenvalue weighted by atomic mass is 35.5. The number of amides is 1. The van der Waals surface area contributed by atoms with Crippen molar-refractivity contribution in [3.8, 4) is 5.69 Å². The Labute approximate surface area is 238 Å². The quantitative estimate of drug-likeness (QED) is 0.261. The molecule has 0 atom stereocenters. The van der Waals surface area contributed by atoms with Gasteiger partial charge in [0, 0.05) is 25.3 Å². The molecule has 1 fully saturated rings. The number of carbonyl (C=O) groups is 1. The lowest BCUT2D eigenvalue weighted by molar-refractivity contribution is 0.0904. The normalized spacial score (nSPS) is 17.2. The maximum atomic E-state index is 14.3. The molecule has 1 aliphatic carbocycles. The fourth-order valence-corrected chi connectivity index (χ4v) is 5.44. The van der Waals surface area contributed by atoms with Gasteiger partial charge in [0.2, 0.25) is 0 Å². The molecule has 9 nitrogen and oxygen atoms in total. The maximum Gasteiger partial charge on any atom is 0.333 e. The molecule has 0 spiro atoms. The molecule has 0 bridgehead atoms. The first-order valence-electron chi connectivity index (χ1n) is 13.2. The number of rotatable bonds is 9. The van der Waals surface area contributed by atoms with Crippen LogP contribution in [0, 0.1) is 11.7 Å². The van der Waals surface area contributed by atoms with Crippen LogP contribution in [-0.2, 0) is 6.54 Å². The summed E-state index contributed by atoms with van der Waals surface area (Å²) < 4.78 is 44.0. The highest BCUT2D eigenvalue weighted by Gasteiger charge is 2.27. The van der Waals surface area contributed by atoms with Crippen LogP contribution >= 0.6 is 11.6 Å². The van der Waals surface area contributed by atoms with Crippen LogP contribution in [0.2, 0.25) is 5.02 Å². The Kier molecular flexibility index (Phi) is 8.60. The third kappa shape index (κ3) is 6.23. The van der Waals surface area contributed by atoms with Crippen LogP contribution in [-0.4, -0.2) is 49.3 Å². The number of aliphatic hydroxyl groups is 1. The van der Waals surface area contributed by atoms with E-state index >= 15 is 0 Å². The number of hydrogen-bond acceptors (Lipinski definition) is 6. The highest BCUT2D eigenvalue weighted by Crippen LogP contribution is 2.29. The smallest absolute Gasteiger partial charge is 0.333 e. The number of benzene rings is 1. The van der Waals surface area contributed by atoms with E-state index < -0.39 is 23.8 Å². The van der Waals surface area contributed by atoms with E-state index in [1.165, 1.54) is 29.0 Å². The maximum absolute atomic E-state index is 14.3. The van der Waals surface area contributed by atoms with Gasteiger partial charge in [0.25, 0.3) is 12.3 Å². The molecular weight excluding hydrogens is 561 g/mol. The summed E-state index contributed by atoms with van der Waals surface area (Å²) in [5, 5.41) is 14.9. The summed E-state index contributed by atoms with van der Waals surface area (Å²) in [6.45, 7) is 0.643. The summed E-state index contributed by atoms with van der Waals surface area (Å²) in [7, 11) is 0. The number of alkyl halides is 2. The second-order valence-corrected chi connectivity index (χ2v) is 10.4. The summed E-state index contributed by atoms with van der Waals surface area (Å²) >= 11 is 5.88. The van der Waals surface area contributed by atoms with Crippen LogP contribution in [0.15, 0.2) is 53.6 Å². The van der Waals surface area contributed by atoms with Crippen LogP contribution in [0.25, 0.3) is 16.7 Å². The lowest BCUT2D eigenvalue weighted by atomic mass is 9.85. The van der Waals surface area contributed by atoms with Gasteiger partial charge in [-0.25, -0.2) is 22.9 Å². The third-order valence-electron chi connectivity index (χ3n) is 7.27. The number of imidazole rings is 1. The number of anilines is 1. The molecule has 1 aromatic carbocycles. The van der Waals surface area contributed by atoms with E-state index in [2.05, 4.69) is 20.6 Å². The summed E-state index contributed by atoms with van der Waals surface area (Å²) in [6, 6.07) is 8.58. The number of carbonyl (C=O) groups excluding carboxylic acids is 1.